The fourth-order valence-electron chi connectivity index (χ4n) is 1.27. The largest absolute Gasteiger partial charge is 0.396 e. The number of aromatic nitrogens is 1. The van der Waals surface area contributed by atoms with Gasteiger partial charge in [-0.05, 0) is 38.3 Å². The van der Waals surface area contributed by atoms with Gasteiger partial charge < -0.3 is 11.1 Å². The molecule has 2 rings (SSSR count). The number of hydrogen-bond acceptors (Lipinski definition) is 3. The maximum Gasteiger partial charge on any atom is 0.149 e. The highest BCUT2D eigenvalue weighted by atomic mass is 15.1. The molecule has 1 saturated carbocycles. The smallest absolute Gasteiger partial charge is 0.149 e. The zero-order valence-electron chi connectivity index (χ0n) is 8.09. The summed E-state index contributed by atoms with van der Waals surface area (Å²) in [5.74, 6) is 0.833. The molecule has 3 N–H and O–H groups in total. The maximum atomic E-state index is 5.89. The first-order chi connectivity index (χ1) is 6.11. The minimum atomic E-state index is 0.245. The Bertz CT molecular complexity index is 329. The molecule has 0 spiro atoms. The van der Waals surface area contributed by atoms with E-state index in [4.69, 9.17) is 5.73 Å². The molecule has 1 aliphatic rings. The van der Waals surface area contributed by atoms with Gasteiger partial charge in [-0.15, -0.1) is 0 Å². The highest BCUT2D eigenvalue weighted by molar-refractivity contribution is 5.66. The Morgan fingerprint density at radius 1 is 1.54 bits per heavy atom. The van der Waals surface area contributed by atoms with Gasteiger partial charge in [-0.1, -0.05) is 0 Å². The molecule has 0 atom stereocenters. The third-order valence-corrected chi connectivity index (χ3v) is 2.63. The summed E-state index contributed by atoms with van der Waals surface area (Å²) in [7, 11) is 0. The highest BCUT2D eigenvalue weighted by Gasteiger charge is 2.37. The summed E-state index contributed by atoms with van der Waals surface area (Å²) in [6.45, 7) is 4.19. The summed E-state index contributed by atoms with van der Waals surface area (Å²) in [6, 6.07) is 1.93. The SMILES string of the molecule is Cc1ccnc(NC2(C)CC2)c1N. The molecule has 1 aromatic rings. The summed E-state index contributed by atoms with van der Waals surface area (Å²) < 4.78 is 0. The van der Waals surface area contributed by atoms with Gasteiger partial charge in [0, 0.05) is 11.7 Å². The molecule has 70 valence electrons. The lowest BCUT2D eigenvalue weighted by atomic mass is 10.2. The molecule has 0 radical (unpaired) electrons. The van der Waals surface area contributed by atoms with Gasteiger partial charge in [-0.2, -0.15) is 0 Å². The molecule has 0 aromatic carbocycles. The minimum absolute atomic E-state index is 0.245. The number of aryl methyl sites for hydroxylation is 1. The summed E-state index contributed by atoms with van der Waals surface area (Å²) in [5.41, 5.74) is 8.00. The standard InChI is InChI=1S/C10H15N3/c1-7-3-6-12-9(8(7)11)13-10(2)4-5-10/h3,6H,4-5,11H2,1-2H3,(H,12,13). The number of hydrogen-bond donors (Lipinski definition) is 2. The van der Waals surface area contributed by atoms with Gasteiger partial charge >= 0.3 is 0 Å². The number of nitrogens with two attached hydrogens (primary N) is 1. The van der Waals surface area contributed by atoms with Crippen LogP contribution in [0.25, 0.3) is 0 Å². The molecular formula is C10H15N3. The Morgan fingerprint density at radius 2 is 2.23 bits per heavy atom. The Balaban J connectivity index is 2.25. The van der Waals surface area contributed by atoms with Crippen LogP contribution in [0.3, 0.4) is 0 Å². The highest BCUT2D eigenvalue weighted by Crippen LogP contribution is 2.39. The van der Waals surface area contributed by atoms with Crippen LogP contribution < -0.4 is 11.1 Å². The predicted octanol–water partition coefficient (Wildman–Crippen LogP) is 1.94. The van der Waals surface area contributed by atoms with Crippen LogP contribution in [0.15, 0.2) is 12.3 Å². The van der Waals surface area contributed by atoms with Crippen molar-refractivity contribution in [1.82, 2.24) is 4.98 Å². The van der Waals surface area contributed by atoms with E-state index in [0.717, 1.165) is 17.1 Å². The monoisotopic (exact) mass is 177 g/mol. The number of anilines is 2. The second kappa shape index (κ2) is 2.62. The summed E-state index contributed by atoms with van der Waals surface area (Å²) in [6.07, 6.45) is 4.21. The zero-order valence-corrected chi connectivity index (χ0v) is 8.09. The summed E-state index contributed by atoms with van der Waals surface area (Å²) >= 11 is 0. The van der Waals surface area contributed by atoms with Crippen molar-refractivity contribution in [2.24, 2.45) is 0 Å². The van der Waals surface area contributed by atoms with Gasteiger partial charge in [-0.25, -0.2) is 4.98 Å². The lowest BCUT2D eigenvalue weighted by molar-refractivity contribution is 0.821. The lowest BCUT2D eigenvalue weighted by Gasteiger charge is -2.14. The van der Waals surface area contributed by atoms with Crippen molar-refractivity contribution in [2.45, 2.75) is 32.2 Å². The van der Waals surface area contributed by atoms with Crippen LogP contribution in [0.1, 0.15) is 25.3 Å². The fraction of sp³-hybridized carbons (Fsp3) is 0.500. The number of pyridine rings is 1. The summed E-state index contributed by atoms with van der Waals surface area (Å²) in [4.78, 5) is 4.23. The molecule has 0 bridgehead atoms. The van der Waals surface area contributed by atoms with Gasteiger partial charge in [-0.3, -0.25) is 0 Å². The molecule has 0 aliphatic heterocycles. The van der Waals surface area contributed by atoms with E-state index in [9.17, 15) is 0 Å². The molecule has 0 saturated heterocycles. The van der Waals surface area contributed by atoms with Crippen molar-refractivity contribution in [1.29, 1.82) is 0 Å². The third-order valence-electron chi connectivity index (χ3n) is 2.63. The van der Waals surface area contributed by atoms with E-state index < -0.39 is 0 Å². The molecule has 3 nitrogen and oxygen atoms in total. The first-order valence-electron chi connectivity index (χ1n) is 4.60. The number of nitrogens with one attached hydrogen (secondary N) is 1. The Hall–Kier alpha value is -1.25. The van der Waals surface area contributed by atoms with E-state index in [-0.39, 0.29) is 5.54 Å². The second-order valence-electron chi connectivity index (χ2n) is 4.08. The van der Waals surface area contributed by atoms with Crippen LogP contribution in [0.2, 0.25) is 0 Å². The fourth-order valence-corrected chi connectivity index (χ4v) is 1.27. The van der Waals surface area contributed by atoms with E-state index in [0.29, 0.717) is 0 Å². The van der Waals surface area contributed by atoms with Crippen LogP contribution in [0.5, 0.6) is 0 Å². The van der Waals surface area contributed by atoms with Crippen LogP contribution >= 0.6 is 0 Å². The zero-order chi connectivity index (χ0) is 9.47. The van der Waals surface area contributed by atoms with Crippen molar-refractivity contribution in [3.8, 4) is 0 Å². The molecule has 0 unspecified atom stereocenters. The van der Waals surface area contributed by atoms with E-state index in [1.807, 2.05) is 13.0 Å². The molecule has 1 aromatic heterocycles. The minimum Gasteiger partial charge on any atom is -0.396 e. The second-order valence-corrected chi connectivity index (χ2v) is 4.08. The van der Waals surface area contributed by atoms with Gasteiger partial charge in [0.1, 0.15) is 5.82 Å². The topological polar surface area (TPSA) is 50.9 Å². The summed E-state index contributed by atoms with van der Waals surface area (Å²) in [5, 5.41) is 3.37. The van der Waals surface area contributed by atoms with E-state index in [1.165, 1.54) is 12.8 Å². The Kier molecular flexibility index (Phi) is 1.68. The van der Waals surface area contributed by atoms with Crippen molar-refractivity contribution in [2.75, 3.05) is 11.1 Å². The molecule has 1 aliphatic carbocycles. The molecule has 1 heterocycles. The average Bonchev–Trinajstić information content (AvgIpc) is 2.78. The number of rotatable bonds is 2. The van der Waals surface area contributed by atoms with Crippen LogP contribution in [-0.2, 0) is 0 Å². The van der Waals surface area contributed by atoms with Crippen LogP contribution in [0.4, 0.5) is 11.5 Å². The maximum absolute atomic E-state index is 5.89. The molecule has 0 amide bonds. The molecule has 1 fully saturated rings. The Labute approximate surface area is 78.4 Å². The van der Waals surface area contributed by atoms with Crippen LogP contribution in [-0.4, -0.2) is 10.5 Å². The predicted molar refractivity (Wildman–Crippen MR) is 54.6 cm³/mol. The van der Waals surface area contributed by atoms with E-state index >= 15 is 0 Å². The van der Waals surface area contributed by atoms with Gasteiger partial charge in [0.05, 0.1) is 5.69 Å². The Morgan fingerprint density at radius 3 is 2.85 bits per heavy atom. The van der Waals surface area contributed by atoms with Gasteiger partial charge in [0.25, 0.3) is 0 Å². The third kappa shape index (κ3) is 1.59. The van der Waals surface area contributed by atoms with Crippen molar-refractivity contribution in [3.63, 3.8) is 0 Å². The van der Waals surface area contributed by atoms with Crippen molar-refractivity contribution >= 4 is 11.5 Å². The van der Waals surface area contributed by atoms with E-state index in [2.05, 4.69) is 17.2 Å². The molecule has 13 heavy (non-hydrogen) atoms. The lowest BCUT2D eigenvalue weighted by Crippen LogP contribution is -2.18. The quantitative estimate of drug-likeness (QED) is 0.725. The number of nitrogen functional groups attached to an aromatic ring is 1. The molecule has 3 heteroatoms. The van der Waals surface area contributed by atoms with Crippen molar-refractivity contribution in [3.05, 3.63) is 17.8 Å². The first kappa shape index (κ1) is 8.35. The van der Waals surface area contributed by atoms with Crippen LogP contribution in [0, 0.1) is 6.92 Å². The average molecular weight is 177 g/mol. The van der Waals surface area contributed by atoms with Crippen molar-refractivity contribution < 1.29 is 0 Å². The molecular weight excluding hydrogens is 162 g/mol. The normalized spacial score (nSPS) is 18.3. The van der Waals surface area contributed by atoms with Gasteiger partial charge in [0.15, 0.2) is 0 Å². The number of nitrogens with zero attached hydrogens (tertiary/aromatic N) is 1. The van der Waals surface area contributed by atoms with Gasteiger partial charge in [0.2, 0.25) is 0 Å². The van der Waals surface area contributed by atoms with E-state index in [1.54, 1.807) is 6.20 Å². The first-order valence-corrected chi connectivity index (χ1v) is 4.60.